The van der Waals surface area contributed by atoms with Gasteiger partial charge in [-0.15, -0.1) is 0 Å². The van der Waals surface area contributed by atoms with E-state index in [1.165, 1.54) is 0 Å². The van der Waals surface area contributed by atoms with Crippen molar-refractivity contribution in [1.82, 2.24) is 4.90 Å². The van der Waals surface area contributed by atoms with E-state index in [9.17, 15) is 9.00 Å². The van der Waals surface area contributed by atoms with Crippen LogP contribution in [0.5, 0.6) is 5.75 Å². The second-order valence-electron chi connectivity index (χ2n) is 6.43. The lowest BCUT2D eigenvalue weighted by Crippen LogP contribution is -2.32. The van der Waals surface area contributed by atoms with E-state index in [1.807, 2.05) is 53.4 Å². The van der Waals surface area contributed by atoms with Gasteiger partial charge in [-0.1, -0.05) is 24.3 Å². The van der Waals surface area contributed by atoms with Gasteiger partial charge in [-0.2, -0.15) is 0 Å². The van der Waals surface area contributed by atoms with E-state index >= 15 is 0 Å². The Bertz CT molecular complexity index is 769. The number of carbonyl (C=O) groups excluding carboxylic acids is 1. The molecule has 0 aromatic heterocycles. The molecule has 132 valence electrons. The highest BCUT2D eigenvalue weighted by Gasteiger charge is 2.33. The lowest BCUT2D eigenvalue weighted by Gasteiger charge is -2.23. The number of rotatable bonds is 7. The number of methoxy groups -OCH3 is 1. The molecule has 0 heterocycles. The van der Waals surface area contributed by atoms with Crippen LogP contribution in [0, 0.1) is 0 Å². The number of hydrogen-bond donors (Lipinski definition) is 0. The third-order valence-electron chi connectivity index (χ3n) is 4.30. The van der Waals surface area contributed by atoms with Crippen LogP contribution in [0.1, 0.15) is 34.3 Å². The molecule has 2 aromatic rings. The number of hydrogen-bond acceptors (Lipinski definition) is 3. The maximum Gasteiger partial charge on any atom is 0.254 e. The van der Waals surface area contributed by atoms with E-state index in [0.29, 0.717) is 23.9 Å². The first-order valence-electron chi connectivity index (χ1n) is 8.39. The quantitative estimate of drug-likeness (QED) is 0.763. The molecule has 0 saturated heterocycles. The first-order valence-corrected chi connectivity index (χ1v) is 10.1. The Balaban J connectivity index is 1.78. The molecule has 5 heteroatoms. The minimum Gasteiger partial charge on any atom is -0.497 e. The lowest BCUT2D eigenvalue weighted by molar-refractivity contribution is 0.0730. The smallest absolute Gasteiger partial charge is 0.254 e. The average molecular weight is 357 g/mol. The van der Waals surface area contributed by atoms with Crippen molar-refractivity contribution in [2.45, 2.75) is 31.2 Å². The van der Waals surface area contributed by atoms with Crippen LogP contribution in [-0.2, 0) is 23.1 Å². The van der Waals surface area contributed by atoms with Crippen LogP contribution in [0.4, 0.5) is 0 Å². The van der Waals surface area contributed by atoms with E-state index in [1.54, 1.807) is 13.4 Å². The van der Waals surface area contributed by atoms with Gasteiger partial charge in [-0.05, 0) is 48.2 Å². The molecule has 0 bridgehead atoms. The molecule has 25 heavy (non-hydrogen) atoms. The molecule has 0 aliphatic heterocycles. The van der Waals surface area contributed by atoms with Crippen molar-refractivity contribution < 1.29 is 13.7 Å². The summed E-state index contributed by atoms with van der Waals surface area (Å²) in [5.74, 6) is 1.33. The Morgan fingerprint density at radius 3 is 2.48 bits per heavy atom. The maximum absolute atomic E-state index is 13.0. The maximum atomic E-state index is 13.0. The predicted octanol–water partition coefficient (Wildman–Crippen LogP) is 3.38. The first kappa shape index (κ1) is 17.7. The average Bonchev–Trinajstić information content (AvgIpc) is 3.44. The first-order chi connectivity index (χ1) is 12.1. The highest BCUT2D eigenvalue weighted by atomic mass is 32.2. The Kier molecular flexibility index (Phi) is 5.53. The van der Waals surface area contributed by atoms with Crippen LogP contribution in [0.2, 0.25) is 0 Å². The highest BCUT2D eigenvalue weighted by Crippen LogP contribution is 2.30. The van der Waals surface area contributed by atoms with Gasteiger partial charge in [0, 0.05) is 41.0 Å². The fraction of sp³-hybridized carbons (Fsp3) is 0.350. The molecular weight excluding hydrogens is 334 g/mol. The minimum atomic E-state index is -0.917. The third-order valence-corrected chi connectivity index (χ3v) is 5.04. The van der Waals surface area contributed by atoms with Gasteiger partial charge in [0.2, 0.25) is 0 Å². The van der Waals surface area contributed by atoms with E-state index in [0.717, 1.165) is 29.7 Å². The van der Waals surface area contributed by atoms with Crippen molar-refractivity contribution >= 4 is 16.7 Å². The number of carbonyl (C=O) groups is 1. The van der Waals surface area contributed by atoms with Crippen LogP contribution >= 0.6 is 0 Å². The van der Waals surface area contributed by atoms with Crippen molar-refractivity contribution in [1.29, 1.82) is 0 Å². The third kappa shape index (κ3) is 4.69. The van der Waals surface area contributed by atoms with Crippen LogP contribution < -0.4 is 4.74 Å². The fourth-order valence-corrected chi connectivity index (χ4v) is 3.52. The summed E-state index contributed by atoms with van der Waals surface area (Å²) in [6.45, 7) is 0.595. The van der Waals surface area contributed by atoms with Crippen molar-refractivity contribution in [3.63, 3.8) is 0 Å². The summed E-state index contributed by atoms with van der Waals surface area (Å²) < 4.78 is 16.6. The second kappa shape index (κ2) is 7.83. The van der Waals surface area contributed by atoms with E-state index in [-0.39, 0.29) is 5.91 Å². The van der Waals surface area contributed by atoms with Crippen LogP contribution in [0.25, 0.3) is 0 Å². The Labute approximate surface area is 151 Å². The molecule has 4 nitrogen and oxygen atoms in total. The van der Waals surface area contributed by atoms with E-state index < -0.39 is 10.8 Å². The Hall–Kier alpha value is -2.14. The molecule has 1 fully saturated rings. The number of nitrogens with zero attached hydrogens (tertiary/aromatic N) is 1. The van der Waals surface area contributed by atoms with Crippen LogP contribution in [-0.4, -0.2) is 34.4 Å². The Morgan fingerprint density at radius 2 is 1.88 bits per heavy atom. The van der Waals surface area contributed by atoms with Crippen LogP contribution in [0.3, 0.4) is 0 Å². The van der Waals surface area contributed by atoms with Crippen molar-refractivity contribution in [2.75, 3.05) is 13.4 Å². The van der Waals surface area contributed by atoms with Gasteiger partial charge in [0.15, 0.2) is 0 Å². The summed E-state index contributed by atoms with van der Waals surface area (Å²) in [7, 11) is 0.727. The number of benzene rings is 2. The summed E-state index contributed by atoms with van der Waals surface area (Å²) in [4.78, 5) is 15.0. The topological polar surface area (TPSA) is 46.6 Å². The van der Waals surface area contributed by atoms with Gasteiger partial charge in [-0.25, -0.2) is 0 Å². The fourth-order valence-electron chi connectivity index (χ4n) is 2.88. The predicted molar refractivity (Wildman–Crippen MR) is 100 cm³/mol. The molecule has 1 aliphatic carbocycles. The van der Waals surface area contributed by atoms with E-state index in [4.69, 9.17) is 4.74 Å². The van der Waals surface area contributed by atoms with Crippen molar-refractivity contribution in [3.8, 4) is 5.75 Å². The molecule has 0 spiro atoms. The second-order valence-corrected chi connectivity index (χ2v) is 7.87. The molecule has 0 radical (unpaired) electrons. The zero-order valence-electron chi connectivity index (χ0n) is 14.6. The van der Waals surface area contributed by atoms with Gasteiger partial charge < -0.3 is 9.64 Å². The van der Waals surface area contributed by atoms with Gasteiger partial charge in [0.05, 0.1) is 7.11 Å². The Morgan fingerprint density at radius 1 is 1.16 bits per heavy atom. The summed E-state index contributed by atoms with van der Waals surface area (Å²) in [6.07, 6.45) is 3.79. The minimum absolute atomic E-state index is 0.0436. The molecular formula is C20H23NO3S. The van der Waals surface area contributed by atoms with Crippen molar-refractivity contribution in [2.24, 2.45) is 0 Å². The summed E-state index contributed by atoms with van der Waals surface area (Å²) in [6, 6.07) is 15.6. The standard InChI is InChI=1S/C20H23NO3S/c1-24-19-10-6-15(7-11-19)13-21(18-8-9-18)20(22)17-5-3-4-16(12-17)14-25(2)23/h3-7,10-12,18H,8-9,13-14H2,1-2H3. The molecule has 2 aromatic carbocycles. The molecule has 1 amide bonds. The number of amides is 1. The molecule has 1 saturated carbocycles. The molecule has 1 unspecified atom stereocenters. The lowest BCUT2D eigenvalue weighted by atomic mass is 10.1. The largest absolute Gasteiger partial charge is 0.497 e. The van der Waals surface area contributed by atoms with Gasteiger partial charge in [0.1, 0.15) is 5.75 Å². The molecule has 0 N–H and O–H groups in total. The highest BCUT2D eigenvalue weighted by molar-refractivity contribution is 7.83. The van der Waals surface area contributed by atoms with Gasteiger partial charge in [0.25, 0.3) is 5.91 Å². The molecule has 1 atom stereocenters. The van der Waals surface area contributed by atoms with Crippen molar-refractivity contribution in [3.05, 3.63) is 65.2 Å². The zero-order valence-corrected chi connectivity index (χ0v) is 15.4. The summed E-state index contributed by atoms with van der Waals surface area (Å²) >= 11 is 0. The SMILES string of the molecule is COc1ccc(CN(C(=O)c2cccc(CS(C)=O)c2)C2CC2)cc1. The molecule has 1 aliphatic rings. The molecule has 3 rings (SSSR count). The normalized spacial score (nSPS) is 14.8. The summed E-state index contributed by atoms with van der Waals surface area (Å²) in [5.41, 5.74) is 2.70. The van der Waals surface area contributed by atoms with E-state index in [2.05, 4.69) is 0 Å². The van der Waals surface area contributed by atoms with Crippen LogP contribution in [0.15, 0.2) is 48.5 Å². The van der Waals surface area contributed by atoms with Gasteiger partial charge in [-0.3, -0.25) is 9.00 Å². The number of ether oxygens (including phenoxy) is 1. The van der Waals surface area contributed by atoms with Gasteiger partial charge >= 0.3 is 0 Å². The monoisotopic (exact) mass is 357 g/mol. The zero-order chi connectivity index (χ0) is 17.8. The summed E-state index contributed by atoms with van der Waals surface area (Å²) in [5, 5.41) is 0.